The summed E-state index contributed by atoms with van der Waals surface area (Å²) >= 11 is 0. The number of hydrogen-bond donors (Lipinski definition) is 1. The van der Waals surface area contributed by atoms with Crippen molar-refractivity contribution >= 4 is 28.5 Å². The minimum Gasteiger partial charge on any atom is -0.351 e. The zero-order valence-electron chi connectivity index (χ0n) is 20.1. The highest BCUT2D eigenvalue weighted by molar-refractivity contribution is 6.01. The van der Waals surface area contributed by atoms with Crippen LogP contribution in [0.25, 0.3) is 11.0 Å². The van der Waals surface area contributed by atoms with Gasteiger partial charge in [-0.3, -0.25) is 14.5 Å². The Hall–Kier alpha value is -4.07. The lowest BCUT2D eigenvalue weighted by Gasteiger charge is -2.32. The van der Waals surface area contributed by atoms with E-state index in [4.69, 9.17) is 0 Å². The third kappa shape index (κ3) is 4.98. The van der Waals surface area contributed by atoms with Crippen molar-refractivity contribution in [2.24, 2.45) is 0 Å². The van der Waals surface area contributed by atoms with E-state index in [1.165, 1.54) is 21.7 Å². The number of carbonyl (C=O) groups is 2. The molecule has 0 bridgehead atoms. The standard InChI is InChI=1S/C28H28FN5O2/c1-19-7-6-10-23(17-19)34(26(35)18-33-25-12-5-4-11-24(25)31-32-33)27(20-13-15-21(29)16-14-20)28(36)30-22-8-2-3-9-22/h4-7,10-17,22,27H,2-3,8-9,18H2,1H3,(H,30,36)/t27-/m0/s1. The van der Waals surface area contributed by atoms with Gasteiger partial charge in [0.1, 0.15) is 23.9 Å². The molecule has 1 saturated carbocycles. The number of aromatic nitrogens is 3. The van der Waals surface area contributed by atoms with Crippen LogP contribution in [0, 0.1) is 12.7 Å². The molecule has 3 aromatic carbocycles. The minimum atomic E-state index is -0.977. The highest BCUT2D eigenvalue weighted by Gasteiger charge is 2.34. The normalized spacial score (nSPS) is 14.6. The molecule has 1 heterocycles. The molecule has 0 saturated heterocycles. The van der Waals surface area contributed by atoms with Crippen LogP contribution in [-0.4, -0.2) is 32.9 Å². The van der Waals surface area contributed by atoms with E-state index in [1.54, 1.807) is 12.1 Å². The number of rotatable bonds is 7. The van der Waals surface area contributed by atoms with Crippen LogP contribution in [0.3, 0.4) is 0 Å². The van der Waals surface area contributed by atoms with E-state index < -0.39 is 11.9 Å². The first kappa shape index (κ1) is 23.7. The van der Waals surface area contributed by atoms with E-state index in [0.717, 1.165) is 36.8 Å². The van der Waals surface area contributed by atoms with Gasteiger partial charge in [0.15, 0.2) is 0 Å². The number of nitrogens with zero attached hydrogens (tertiary/aromatic N) is 4. The molecule has 1 aliphatic rings. The summed E-state index contributed by atoms with van der Waals surface area (Å²) in [4.78, 5) is 29.2. The van der Waals surface area contributed by atoms with E-state index >= 15 is 0 Å². The fourth-order valence-electron chi connectivity index (χ4n) is 4.87. The van der Waals surface area contributed by atoms with Crippen molar-refractivity contribution in [3.8, 4) is 0 Å². The van der Waals surface area contributed by atoms with Crippen molar-refractivity contribution in [2.45, 2.75) is 51.2 Å². The Labute approximate surface area is 208 Å². The van der Waals surface area contributed by atoms with Crippen LogP contribution in [0.4, 0.5) is 10.1 Å². The minimum absolute atomic E-state index is 0.0640. The van der Waals surface area contributed by atoms with Crippen molar-refractivity contribution < 1.29 is 14.0 Å². The molecule has 36 heavy (non-hydrogen) atoms. The van der Waals surface area contributed by atoms with Crippen molar-refractivity contribution in [3.63, 3.8) is 0 Å². The lowest BCUT2D eigenvalue weighted by molar-refractivity contribution is -0.127. The summed E-state index contributed by atoms with van der Waals surface area (Å²) in [7, 11) is 0. The molecule has 7 nitrogen and oxygen atoms in total. The molecule has 0 spiro atoms. The first-order valence-electron chi connectivity index (χ1n) is 12.2. The smallest absolute Gasteiger partial charge is 0.249 e. The average Bonchev–Trinajstić information content (AvgIpc) is 3.53. The summed E-state index contributed by atoms with van der Waals surface area (Å²) in [5.74, 6) is -1.02. The Morgan fingerprint density at radius 3 is 2.56 bits per heavy atom. The van der Waals surface area contributed by atoms with Gasteiger partial charge in [0, 0.05) is 11.7 Å². The van der Waals surface area contributed by atoms with Crippen LogP contribution in [0.1, 0.15) is 42.9 Å². The van der Waals surface area contributed by atoms with Gasteiger partial charge < -0.3 is 5.32 Å². The van der Waals surface area contributed by atoms with Crippen molar-refractivity contribution in [1.29, 1.82) is 0 Å². The zero-order chi connectivity index (χ0) is 25.1. The van der Waals surface area contributed by atoms with Gasteiger partial charge in [0.2, 0.25) is 11.8 Å². The lowest BCUT2D eigenvalue weighted by atomic mass is 10.0. The Kier molecular flexibility index (Phi) is 6.75. The van der Waals surface area contributed by atoms with Crippen LogP contribution in [0.2, 0.25) is 0 Å². The first-order chi connectivity index (χ1) is 17.5. The quantitative estimate of drug-likeness (QED) is 0.411. The number of anilines is 1. The Morgan fingerprint density at radius 1 is 1.06 bits per heavy atom. The summed E-state index contributed by atoms with van der Waals surface area (Å²) in [6.45, 7) is 1.82. The molecule has 2 amide bonds. The summed E-state index contributed by atoms with van der Waals surface area (Å²) in [5.41, 5.74) is 3.47. The van der Waals surface area contributed by atoms with Gasteiger partial charge in [-0.1, -0.05) is 54.5 Å². The van der Waals surface area contributed by atoms with Crippen LogP contribution in [0.5, 0.6) is 0 Å². The number of benzene rings is 3. The molecular formula is C28H28FN5O2. The Balaban J connectivity index is 1.57. The van der Waals surface area contributed by atoms with E-state index in [2.05, 4.69) is 15.6 Å². The third-order valence-corrected chi connectivity index (χ3v) is 6.65. The molecule has 0 radical (unpaired) electrons. The van der Waals surface area contributed by atoms with E-state index in [9.17, 15) is 14.0 Å². The molecule has 1 fully saturated rings. The molecule has 0 unspecified atom stereocenters. The Morgan fingerprint density at radius 2 is 1.81 bits per heavy atom. The summed E-state index contributed by atoms with van der Waals surface area (Å²) in [5, 5.41) is 11.5. The van der Waals surface area contributed by atoms with Crippen LogP contribution >= 0.6 is 0 Å². The number of nitrogens with one attached hydrogen (secondary N) is 1. The van der Waals surface area contributed by atoms with Crippen LogP contribution in [-0.2, 0) is 16.1 Å². The third-order valence-electron chi connectivity index (χ3n) is 6.65. The number of hydrogen-bond acceptors (Lipinski definition) is 4. The summed E-state index contributed by atoms with van der Waals surface area (Å²) < 4.78 is 15.4. The highest BCUT2D eigenvalue weighted by atomic mass is 19.1. The predicted octanol–water partition coefficient (Wildman–Crippen LogP) is 4.71. The second-order valence-electron chi connectivity index (χ2n) is 9.28. The number of carbonyl (C=O) groups excluding carboxylic acids is 2. The molecule has 1 atom stereocenters. The topological polar surface area (TPSA) is 80.1 Å². The van der Waals surface area contributed by atoms with Gasteiger partial charge >= 0.3 is 0 Å². The van der Waals surface area contributed by atoms with Crippen molar-refractivity contribution in [3.05, 3.63) is 89.7 Å². The number of aryl methyl sites for hydroxylation is 1. The summed E-state index contributed by atoms with van der Waals surface area (Å²) in [6, 6.07) is 19.7. The fraction of sp³-hybridized carbons (Fsp3) is 0.286. The number of halogens is 1. The molecule has 1 aromatic heterocycles. The largest absolute Gasteiger partial charge is 0.351 e. The molecule has 1 N–H and O–H groups in total. The van der Waals surface area contributed by atoms with E-state index in [0.29, 0.717) is 16.8 Å². The molecule has 8 heteroatoms. The van der Waals surface area contributed by atoms with E-state index in [-0.39, 0.29) is 24.4 Å². The first-order valence-corrected chi connectivity index (χ1v) is 12.2. The monoisotopic (exact) mass is 485 g/mol. The van der Waals surface area contributed by atoms with Gasteiger partial charge in [0.05, 0.1) is 5.52 Å². The predicted molar refractivity (Wildman–Crippen MR) is 136 cm³/mol. The molecular weight excluding hydrogens is 457 g/mol. The van der Waals surface area contributed by atoms with Crippen LogP contribution < -0.4 is 10.2 Å². The molecule has 0 aliphatic heterocycles. The summed E-state index contributed by atoms with van der Waals surface area (Å²) in [6.07, 6.45) is 3.94. The van der Waals surface area contributed by atoms with Gasteiger partial charge in [-0.25, -0.2) is 9.07 Å². The molecule has 184 valence electrons. The lowest BCUT2D eigenvalue weighted by Crippen LogP contribution is -2.47. The van der Waals surface area contributed by atoms with Gasteiger partial charge in [-0.15, -0.1) is 5.10 Å². The van der Waals surface area contributed by atoms with Gasteiger partial charge in [-0.2, -0.15) is 0 Å². The number of para-hydroxylation sites is 1. The zero-order valence-corrected chi connectivity index (χ0v) is 20.1. The highest BCUT2D eigenvalue weighted by Crippen LogP contribution is 2.30. The maximum atomic E-state index is 14.0. The molecule has 5 rings (SSSR count). The fourth-order valence-corrected chi connectivity index (χ4v) is 4.87. The van der Waals surface area contributed by atoms with Crippen molar-refractivity contribution in [2.75, 3.05) is 4.90 Å². The van der Waals surface area contributed by atoms with E-state index in [1.807, 2.05) is 55.5 Å². The van der Waals surface area contributed by atoms with Crippen molar-refractivity contribution in [1.82, 2.24) is 20.3 Å². The maximum absolute atomic E-state index is 14.0. The SMILES string of the molecule is Cc1cccc(N(C(=O)Cn2nnc3ccccc32)[C@H](C(=O)NC2CCCC2)c2ccc(F)cc2)c1. The second-order valence-corrected chi connectivity index (χ2v) is 9.28. The van der Waals surface area contributed by atoms with Gasteiger partial charge in [-0.05, 0) is 67.3 Å². The number of fused-ring (bicyclic) bond motifs is 1. The van der Waals surface area contributed by atoms with Gasteiger partial charge in [0.25, 0.3) is 0 Å². The molecule has 1 aliphatic carbocycles. The number of amides is 2. The average molecular weight is 486 g/mol. The second kappa shape index (κ2) is 10.3. The Bertz CT molecular complexity index is 1380. The molecule has 4 aromatic rings. The van der Waals surface area contributed by atoms with Crippen LogP contribution in [0.15, 0.2) is 72.8 Å². The maximum Gasteiger partial charge on any atom is 0.249 e.